The van der Waals surface area contributed by atoms with E-state index in [0.29, 0.717) is 5.56 Å². The van der Waals surface area contributed by atoms with Crippen molar-refractivity contribution in [1.82, 2.24) is 4.90 Å². The Labute approximate surface area is 199 Å². The number of fused-ring (bicyclic) bond motifs is 1. The van der Waals surface area contributed by atoms with E-state index in [1.807, 2.05) is 0 Å². The van der Waals surface area contributed by atoms with Gasteiger partial charge < -0.3 is 9.53 Å². The number of carbonyl (C=O) groups excluding carboxylic acids is 1. The molecule has 0 N–H and O–H groups in total. The summed E-state index contributed by atoms with van der Waals surface area (Å²) in [6.07, 6.45) is -7.53. The van der Waals surface area contributed by atoms with E-state index in [1.54, 1.807) is 0 Å². The highest BCUT2D eigenvalue weighted by atomic mass is 127. The second kappa shape index (κ2) is 8.64. The van der Waals surface area contributed by atoms with Gasteiger partial charge in [-0.05, 0) is 64.9 Å². The fraction of sp³-hybridized carbons (Fsp3) is 0.450. The third-order valence-electron chi connectivity index (χ3n) is 5.52. The average molecular weight is 609 g/mol. The minimum Gasteiger partial charge on any atom is -0.343 e. The van der Waals surface area contributed by atoms with Crippen LogP contribution in [0.15, 0.2) is 35.3 Å². The van der Waals surface area contributed by atoms with Gasteiger partial charge in [-0.25, -0.2) is 8.42 Å². The van der Waals surface area contributed by atoms with Crippen LogP contribution in [-0.2, 0) is 38.6 Å². The highest BCUT2D eigenvalue weighted by molar-refractivity contribution is 14.1. The van der Waals surface area contributed by atoms with Crippen LogP contribution in [0.2, 0.25) is 0 Å². The molecule has 1 aliphatic carbocycles. The highest BCUT2D eigenvalue weighted by Gasteiger charge is 2.52. The monoisotopic (exact) mass is 609 g/mol. The first-order valence-corrected chi connectivity index (χ1v) is 12.4. The van der Waals surface area contributed by atoms with E-state index in [4.69, 9.17) is 4.74 Å². The quantitative estimate of drug-likeness (QED) is 0.278. The van der Waals surface area contributed by atoms with Crippen molar-refractivity contribution in [2.45, 2.75) is 44.2 Å². The maximum Gasteiger partial charge on any atom is 0.417 e. The Morgan fingerprint density at radius 3 is 2.24 bits per heavy atom. The summed E-state index contributed by atoms with van der Waals surface area (Å²) >= 11 is 1.53. The van der Waals surface area contributed by atoms with Gasteiger partial charge in [0, 0.05) is 22.9 Å². The molecule has 3 atom stereocenters. The Balaban J connectivity index is 2.09. The van der Waals surface area contributed by atoms with E-state index < -0.39 is 45.5 Å². The molecular weight excluding hydrogens is 591 g/mol. The van der Waals surface area contributed by atoms with Crippen LogP contribution >= 0.6 is 22.6 Å². The Morgan fingerprint density at radius 2 is 1.76 bits per heavy atom. The number of allylic oxidation sites excluding steroid dienone is 1. The molecule has 0 fully saturated rings. The van der Waals surface area contributed by atoms with Crippen LogP contribution < -0.4 is 0 Å². The summed E-state index contributed by atoms with van der Waals surface area (Å²) in [7, 11) is -3.79. The van der Waals surface area contributed by atoms with Crippen LogP contribution in [-0.4, -0.2) is 43.9 Å². The van der Waals surface area contributed by atoms with Gasteiger partial charge in [0.2, 0.25) is 0 Å². The second-order valence-electron chi connectivity index (χ2n) is 7.84. The first-order chi connectivity index (χ1) is 15.0. The van der Waals surface area contributed by atoms with Crippen molar-refractivity contribution in [3.05, 3.63) is 55.5 Å². The Hall–Kier alpha value is -1.45. The van der Waals surface area contributed by atoms with Gasteiger partial charge in [-0.15, -0.1) is 0 Å². The molecule has 1 aromatic rings. The van der Waals surface area contributed by atoms with Crippen LogP contribution in [0.1, 0.15) is 23.6 Å². The van der Waals surface area contributed by atoms with Crippen molar-refractivity contribution in [3.8, 4) is 0 Å². The number of aldehydes is 1. The third kappa shape index (κ3) is 5.15. The lowest BCUT2D eigenvalue weighted by molar-refractivity contribution is -0.272. The summed E-state index contributed by atoms with van der Waals surface area (Å²) < 4.78 is 109. The molecule has 0 radical (unpaired) electrons. The fourth-order valence-electron chi connectivity index (χ4n) is 3.79. The van der Waals surface area contributed by atoms with E-state index in [0.717, 1.165) is 37.5 Å². The van der Waals surface area contributed by atoms with E-state index in [2.05, 4.69) is 0 Å². The van der Waals surface area contributed by atoms with Gasteiger partial charge in [0.05, 0.1) is 16.4 Å². The first kappa shape index (κ1) is 26.2. The number of hydrogen-bond acceptors (Lipinski definition) is 5. The Kier molecular flexibility index (Phi) is 6.85. The van der Waals surface area contributed by atoms with Gasteiger partial charge >= 0.3 is 12.4 Å². The third-order valence-corrected chi connectivity index (χ3v) is 7.54. The van der Waals surface area contributed by atoms with Gasteiger partial charge in [-0.2, -0.15) is 26.3 Å². The summed E-state index contributed by atoms with van der Waals surface area (Å²) in [5.41, 5.74) is -2.28. The maximum absolute atomic E-state index is 13.4. The normalized spacial score (nSPS) is 25.0. The predicted octanol–water partition coefficient (Wildman–Crippen LogP) is 4.60. The Morgan fingerprint density at radius 1 is 1.18 bits per heavy atom. The molecule has 2 aliphatic rings. The van der Waals surface area contributed by atoms with Crippen molar-refractivity contribution in [2.24, 2.45) is 5.92 Å². The molecule has 5 nitrogen and oxygen atoms in total. The molecule has 33 heavy (non-hydrogen) atoms. The predicted molar refractivity (Wildman–Crippen MR) is 114 cm³/mol. The Bertz CT molecular complexity index is 1130. The molecular formula is C20H18F6INO4S. The number of sulfone groups is 1. The number of rotatable bonds is 5. The molecule has 182 valence electrons. The van der Waals surface area contributed by atoms with E-state index in [1.165, 1.54) is 33.6 Å². The molecule has 0 bridgehead atoms. The van der Waals surface area contributed by atoms with Crippen molar-refractivity contribution < 1.29 is 44.3 Å². The lowest BCUT2D eigenvalue weighted by Crippen LogP contribution is -2.56. The fourth-order valence-corrected chi connectivity index (χ4v) is 5.34. The zero-order valence-electron chi connectivity index (χ0n) is 17.2. The summed E-state index contributed by atoms with van der Waals surface area (Å²) in [6, 6.07) is 2.22. The van der Waals surface area contributed by atoms with Crippen LogP contribution in [0.25, 0.3) is 0 Å². The zero-order valence-corrected chi connectivity index (χ0v) is 20.1. The number of halogens is 7. The van der Waals surface area contributed by atoms with Crippen molar-refractivity contribution in [3.63, 3.8) is 0 Å². The lowest BCUT2D eigenvalue weighted by Gasteiger charge is -2.45. The minimum atomic E-state index is -4.81. The van der Waals surface area contributed by atoms with E-state index in [9.17, 15) is 39.6 Å². The number of ether oxygens (including phenoxy) is 1. The van der Waals surface area contributed by atoms with Gasteiger partial charge in [-0.3, -0.25) is 4.90 Å². The van der Waals surface area contributed by atoms with Crippen LogP contribution in [0.4, 0.5) is 26.3 Å². The molecule has 1 heterocycles. The molecule has 0 saturated carbocycles. The molecule has 0 aromatic heterocycles. The zero-order chi connectivity index (χ0) is 25.0. The number of hydrogen-bond donors (Lipinski definition) is 0. The number of alkyl halides is 6. The molecule has 13 heteroatoms. The minimum absolute atomic E-state index is 0.0790. The van der Waals surface area contributed by atoms with Crippen molar-refractivity contribution in [1.29, 1.82) is 0 Å². The molecule has 0 saturated heterocycles. The summed E-state index contributed by atoms with van der Waals surface area (Å²) in [4.78, 5) is 13.0. The summed E-state index contributed by atoms with van der Waals surface area (Å²) in [5.74, 6) is -1.47. The number of carbonyl (C=O) groups is 1. The molecule has 1 aliphatic heterocycles. The van der Waals surface area contributed by atoms with Crippen LogP contribution in [0, 0.1) is 9.49 Å². The van der Waals surface area contributed by atoms with E-state index in [-0.39, 0.29) is 33.4 Å². The second-order valence-corrected chi connectivity index (χ2v) is 11.0. The van der Waals surface area contributed by atoms with Gasteiger partial charge in [0.15, 0.2) is 21.7 Å². The lowest BCUT2D eigenvalue weighted by atomic mass is 9.90. The van der Waals surface area contributed by atoms with Crippen LogP contribution in [0.3, 0.4) is 0 Å². The SMILES string of the molecule is C[C@H](OC1(N2Cc3cc(I)c(C(F)(F)F)cc3C2)C=CC(S(C)(=O)=O)=CC1C=O)C(F)(F)F. The number of benzene rings is 1. The van der Waals surface area contributed by atoms with Crippen molar-refractivity contribution in [2.75, 3.05) is 6.26 Å². The van der Waals surface area contributed by atoms with Crippen LogP contribution in [0.5, 0.6) is 0 Å². The molecule has 2 unspecified atom stereocenters. The molecule has 3 rings (SSSR count). The van der Waals surface area contributed by atoms with Gasteiger partial charge in [0.25, 0.3) is 0 Å². The van der Waals surface area contributed by atoms with Gasteiger partial charge in [0.1, 0.15) is 6.29 Å². The maximum atomic E-state index is 13.4. The standard InChI is InChI=1S/C20H18F6INO4S/c1-11(19(21,22)23)32-18(4-3-15(33(2,30)31)7-14(18)10-29)28-8-12-5-16(20(24,25)26)17(27)6-13(12)9-28/h3-7,10-11,14H,8-9H2,1-2H3/t11-,14?,18?/m0/s1. The average Bonchev–Trinajstić information content (AvgIpc) is 3.08. The molecule has 1 aromatic carbocycles. The highest BCUT2D eigenvalue weighted by Crippen LogP contribution is 2.44. The number of nitrogens with zero attached hydrogens (tertiary/aromatic N) is 1. The molecule has 0 amide bonds. The van der Waals surface area contributed by atoms with E-state index >= 15 is 0 Å². The largest absolute Gasteiger partial charge is 0.417 e. The first-order valence-electron chi connectivity index (χ1n) is 9.43. The smallest absolute Gasteiger partial charge is 0.343 e. The van der Waals surface area contributed by atoms with Crippen molar-refractivity contribution >= 4 is 38.7 Å². The van der Waals surface area contributed by atoms with Gasteiger partial charge in [-0.1, -0.05) is 6.08 Å². The topological polar surface area (TPSA) is 63.7 Å². The molecule has 0 spiro atoms. The summed E-state index contributed by atoms with van der Waals surface area (Å²) in [5, 5.41) is 0. The summed E-state index contributed by atoms with van der Waals surface area (Å²) in [6.45, 7) is 0.391.